The van der Waals surface area contributed by atoms with Crippen LogP contribution in [0.15, 0.2) is 30.6 Å². The van der Waals surface area contributed by atoms with Gasteiger partial charge < -0.3 is 10.6 Å². The van der Waals surface area contributed by atoms with E-state index >= 15 is 0 Å². The van der Waals surface area contributed by atoms with Gasteiger partial charge >= 0.3 is 6.03 Å². The van der Waals surface area contributed by atoms with Crippen molar-refractivity contribution >= 4 is 23.1 Å². The van der Waals surface area contributed by atoms with E-state index in [1.165, 1.54) is 12.1 Å². The number of carbonyl (C=O) groups excluding carboxylic acids is 1. The van der Waals surface area contributed by atoms with Crippen molar-refractivity contribution in [1.82, 2.24) is 9.78 Å². The summed E-state index contributed by atoms with van der Waals surface area (Å²) in [5, 5.41) is 20.2. The number of urea groups is 1. The van der Waals surface area contributed by atoms with Crippen LogP contribution in [0.4, 0.5) is 21.9 Å². The Morgan fingerprint density at radius 1 is 1.41 bits per heavy atom. The van der Waals surface area contributed by atoms with E-state index in [1.807, 2.05) is 6.92 Å². The van der Waals surface area contributed by atoms with Crippen molar-refractivity contribution in [3.05, 3.63) is 46.3 Å². The van der Waals surface area contributed by atoms with E-state index in [0.717, 1.165) is 13.0 Å². The van der Waals surface area contributed by atoms with Gasteiger partial charge in [0, 0.05) is 18.8 Å². The molecule has 2 N–H and O–H groups in total. The fraction of sp³-hybridized carbons (Fsp3) is 0.286. The fourth-order valence-electron chi connectivity index (χ4n) is 2.02. The molecule has 8 nitrogen and oxygen atoms in total. The Kier molecular flexibility index (Phi) is 4.72. The van der Waals surface area contributed by atoms with Crippen molar-refractivity contribution in [3.63, 3.8) is 0 Å². The largest absolute Gasteiger partial charge is 0.323 e. The summed E-state index contributed by atoms with van der Waals surface area (Å²) >= 11 is 0. The Balaban J connectivity index is 2.05. The SMILES string of the molecule is CCCn1cc(NC(=O)Nc2cccc([N+](=O)[O-])c2C)cn1. The minimum Gasteiger partial charge on any atom is -0.307 e. The summed E-state index contributed by atoms with van der Waals surface area (Å²) in [6, 6.07) is 4.06. The number of hydrogen-bond donors (Lipinski definition) is 2. The lowest BCUT2D eigenvalue weighted by Crippen LogP contribution is -2.19. The van der Waals surface area contributed by atoms with Crippen LogP contribution in [-0.2, 0) is 6.54 Å². The van der Waals surface area contributed by atoms with Crippen molar-refractivity contribution in [2.75, 3.05) is 10.6 Å². The van der Waals surface area contributed by atoms with Crippen molar-refractivity contribution in [3.8, 4) is 0 Å². The van der Waals surface area contributed by atoms with Gasteiger partial charge in [0.2, 0.25) is 0 Å². The van der Waals surface area contributed by atoms with E-state index in [4.69, 9.17) is 0 Å². The summed E-state index contributed by atoms with van der Waals surface area (Å²) in [5.41, 5.74) is 1.33. The molecule has 0 aliphatic rings. The number of carbonyl (C=O) groups is 1. The molecule has 0 saturated carbocycles. The zero-order valence-electron chi connectivity index (χ0n) is 12.4. The van der Waals surface area contributed by atoms with Crippen LogP contribution in [0.1, 0.15) is 18.9 Å². The van der Waals surface area contributed by atoms with Crippen LogP contribution in [0.2, 0.25) is 0 Å². The number of nitrogens with zero attached hydrogens (tertiary/aromatic N) is 3. The van der Waals surface area contributed by atoms with Gasteiger partial charge in [0.25, 0.3) is 5.69 Å². The molecule has 116 valence electrons. The van der Waals surface area contributed by atoms with Crippen LogP contribution < -0.4 is 10.6 Å². The molecule has 0 atom stereocenters. The third-order valence-electron chi connectivity index (χ3n) is 3.09. The molecule has 1 aromatic heterocycles. The molecule has 0 bridgehead atoms. The van der Waals surface area contributed by atoms with Gasteiger partial charge in [0.1, 0.15) is 0 Å². The van der Waals surface area contributed by atoms with Gasteiger partial charge in [-0.2, -0.15) is 5.10 Å². The van der Waals surface area contributed by atoms with Crippen LogP contribution in [0.5, 0.6) is 0 Å². The zero-order chi connectivity index (χ0) is 16.1. The van der Waals surface area contributed by atoms with Crippen LogP contribution in [0.25, 0.3) is 0 Å². The first-order valence-electron chi connectivity index (χ1n) is 6.85. The highest BCUT2D eigenvalue weighted by atomic mass is 16.6. The van der Waals surface area contributed by atoms with Crippen LogP contribution >= 0.6 is 0 Å². The average molecular weight is 303 g/mol. The maximum absolute atomic E-state index is 12.0. The minimum atomic E-state index is -0.479. The Morgan fingerprint density at radius 3 is 2.86 bits per heavy atom. The Morgan fingerprint density at radius 2 is 2.18 bits per heavy atom. The summed E-state index contributed by atoms with van der Waals surface area (Å²) in [6.07, 6.45) is 4.22. The van der Waals surface area contributed by atoms with E-state index in [9.17, 15) is 14.9 Å². The van der Waals surface area contributed by atoms with Gasteiger partial charge in [-0.25, -0.2) is 4.79 Å². The molecule has 0 unspecified atom stereocenters. The molecule has 0 spiro atoms. The van der Waals surface area contributed by atoms with Crippen molar-refractivity contribution in [2.45, 2.75) is 26.8 Å². The molecule has 0 aliphatic carbocycles. The molecule has 2 amide bonds. The van der Waals surface area contributed by atoms with Gasteiger partial charge in [0.15, 0.2) is 0 Å². The minimum absolute atomic E-state index is 0.0337. The number of hydrogen-bond acceptors (Lipinski definition) is 4. The summed E-state index contributed by atoms with van der Waals surface area (Å²) in [6.45, 7) is 4.40. The van der Waals surface area contributed by atoms with E-state index in [1.54, 1.807) is 30.1 Å². The number of aromatic nitrogens is 2. The standard InChI is InChI=1S/C14H17N5O3/c1-3-7-18-9-11(8-15-18)16-14(20)17-12-5-4-6-13(10(12)2)19(21)22/h4-6,8-9H,3,7H2,1-2H3,(H2,16,17,20). The van der Waals surface area contributed by atoms with Crippen LogP contribution in [0, 0.1) is 17.0 Å². The summed E-state index contributed by atoms with van der Waals surface area (Å²) in [5.74, 6) is 0. The van der Waals surface area contributed by atoms with Gasteiger partial charge in [-0.1, -0.05) is 13.0 Å². The van der Waals surface area contributed by atoms with Gasteiger partial charge in [-0.05, 0) is 19.4 Å². The molecule has 0 aliphatic heterocycles. The highest BCUT2D eigenvalue weighted by molar-refractivity contribution is 6.00. The fourth-order valence-corrected chi connectivity index (χ4v) is 2.02. The number of benzene rings is 1. The lowest BCUT2D eigenvalue weighted by atomic mass is 10.1. The Labute approximate surface area is 127 Å². The highest BCUT2D eigenvalue weighted by Crippen LogP contribution is 2.25. The van der Waals surface area contributed by atoms with Crippen molar-refractivity contribution in [1.29, 1.82) is 0 Å². The van der Waals surface area contributed by atoms with Gasteiger partial charge in [0.05, 0.1) is 28.1 Å². The number of anilines is 2. The van der Waals surface area contributed by atoms with E-state index in [2.05, 4.69) is 15.7 Å². The van der Waals surface area contributed by atoms with E-state index < -0.39 is 11.0 Å². The highest BCUT2D eigenvalue weighted by Gasteiger charge is 2.14. The molecule has 1 aromatic carbocycles. The first-order chi connectivity index (χ1) is 10.5. The molecule has 8 heteroatoms. The van der Waals surface area contributed by atoms with Gasteiger partial charge in [-0.3, -0.25) is 14.8 Å². The molecule has 2 aromatic rings. The van der Waals surface area contributed by atoms with Crippen molar-refractivity contribution in [2.24, 2.45) is 0 Å². The molecule has 0 fully saturated rings. The number of nitrogens with one attached hydrogen (secondary N) is 2. The Hall–Kier alpha value is -2.90. The normalized spacial score (nSPS) is 10.3. The number of rotatable bonds is 5. The lowest BCUT2D eigenvalue weighted by molar-refractivity contribution is -0.385. The molecule has 0 saturated heterocycles. The second-order valence-corrected chi connectivity index (χ2v) is 4.78. The maximum Gasteiger partial charge on any atom is 0.323 e. The van der Waals surface area contributed by atoms with E-state index in [0.29, 0.717) is 16.9 Å². The van der Waals surface area contributed by atoms with Gasteiger partial charge in [-0.15, -0.1) is 0 Å². The number of nitro benzene ring substituents is 1. The lowest BCUT2D eigenvalue weighted by Gasteiger charge is -2.08. The molecule has 0 radical (unpaired) electrons. The molecular formula is C14H17N5O3. The quantitative estimate of drug-likeness (QED) is 0.654. The smallest absolute Gasteiger partial charge is 0.307 e. The van der Waals surface area contributed by atoms with Crippen LogP contribution in [-0.4, -0.2) is 20.7 Å². The molecular weight excluding hydrogens is 286 g/mol. The summed E-state index contributed by atoms with van der Waals surface area (Å²) in [7, 11) is 0. The zero-order valence-corrected chi connectivity index (χ0v) is 12.4. The topological polar surface area (TPSA) is 102 Å². The average Bonchev–Trinajstić information content (AvgIpc) is 2.88. The summed E-state index contributed by atoms with van der Waals surface area (Å²) < 4.78 is 1.73. The number of amides is 2. The first kappa shape index (κ1) is 15.5. The monoisotopic (exact) mass is 303 g/mol. The number of aryl methyl sites for hydroxylation is 1. The molecule has 2 rings (SSSR count). The summed E-state index contributed by atoms with van der Waals surface area (Å²) in [4.78, 5) is 22.4. The second-order valence-electron chi connectivity index (χ2n) is 4.78. The third-order valence-corrected chi connectivity index (χ3v) is 3.09. The second kappa shape index (κ2) is 6.70. The van der Waals surface area contributed by atoms with Crippen molar-refractivity contribution < 1.29 is 9.72 Å². The third kappa shape index (κ3) is 3.60. The molecule has 1 heterocycles. The maximum atomic E-state index is 12.0. The predicted molar refractivity (Wildman–Crippen MR) is 83.0 cm³/mol. The molecule has 22 heavy (non-hydrogen) atoms. The number of nitro groups is 1. The first-order valence-corrected chi connectivity index (χ1v) is 6.85. The predicted octanol–water partition coefficient (Wildman–Crippen LogP) is 3.15. The van der Waals surface area contributed by atoms with Crippen LogP contribution in [0.3, 0.4) is 0 Å². The van der Waals surface area contributed by atoms with E-state index in [-0.39, 0.29) is 5.69 Å². The Bertz CT molecular complexity index is 696.